The molecular formula is C18H17ClF3N3O2. The van der Waals surface area contributed by atoms with Crippen LogP contribution in [0.15, 0.2) is 24.3 Å². The number of esters is 1. The van der Waals surface area contributed by atoms with E-state index in [4.69, 9.17) is 16.3 Å². The third-order valence-corrected chi connectivity index (χ3v) is 4.61. The molecule has 1 aliphatic carbocycles. The molecule has 0 amide bonds. The van der Waals surface area contributed by atoms with E-state index in [1.807, 2.05) is 0 Å². The van der Waals surface area contributed by atoms with E-state index in [1.165, 1.54) is 13.2 Å². The first kappa shape index (κ1) is 19.4. The molecule has 144 valence electrons. The summed E-state index contributed by atoms with van der Waals surface area (Å²) >= 11 is 6.25. The van der Waals surface area contributed by atoms with Crippen molar-refractivity contribution in [2.75, 3.05) is 12.4 Å². The zero-order valence-electron chi connectivity index (χ0n) is 14.6. The van der Waals surface area contributed by atoms with Crippen molar-refractivity contribution in [2.24, 2.45) is 0 Å². The van der Waals surface area contributed by atoms with Crippen LogP contribution in [0.25, 0.3) is 0 Å². The van der Waals surface area contributed by atoms with Crippen molar-refractivity contribution in [1.29, 1.82) is 0 Å². The molecule has 1 aromatic heterocycles. The fraction of sp³-hybridized carbons (Fsp3) is 0.389. The van der Waals surface area contributed by atoms with Crippen molar-refractivity contribution < 1.29 is 22.7 Å². The lowest BCUT2D eigenvalue weighted by Gasteiger charge is -2.18. The Morgan fingerprint density at radius 3 is 2.63 bits per heavy atom. The van der Waals surface area contributed by atoms with Gasteiger partial charge in [-0.15, -0.1) is 0 Å². The summed E-state index contributed by atoms with van der Waals surface area (Å²) in [7, 11) is 1.22. The van der Waals surface area contributed by atoms with E-state index in [9.17, 15) is 18.0 Å². The van der Waals surface area contributed by atoms with Gasteiger partial charge in [-0.3, -0.25) is 0 Å². The molecule has 1 N–H and O–H groups in total. The normalized spacial score (nSPS) is 15.3. The predicted octanol–water partition coefficient (Wildman–Crippen LogP) is 4.99. The smallest absolute Gasteiger partial charge is 0.416 e. The molecule has 27 heavy (non-hydrogen) atoms. The number of alkyl halides is 3. The number of nitrogens with one attached hydrogen (secondary N) is 1. The second-order valence-electron chi connectivity index (χ2n) is 6.35. The largest absolute Gasteiger partial charge is 0.464 e. The standard InChI is InChI=1S/C18H17ClF3N3O2/c1-9(11-4-3-5-12(8-11)18(20,21)22)23-16-13(19)14(17(26)27-2)24-15(25-16)10-6-7-10/h3-5,8-10H,6-7H2,1-2H3,(H,23,24,25). The average Bonchev–Trinajstić information content (AvgIpc) is 3.47. The molecule has 1 heterocycles. The molecule has 0 spiro atoms. The van der Waals surface area contributed by atoms with Crippen LogP contribution in [-0.4, -0.2) is 23.0 Å². The van der Waals surface area contributed by atoms with Crippen LogP contribution in [0.5, 0.6) is 0 Å². The first-order valence-corrected chi connectivity index (χ1v) is 8.68. The minimum Gasteiger partial charge on any atom is -0.464 e. The van der Waals surface area contributed by atoms with Crippen molar-refractivity contribution in [3.05, 3.63) is 51.9 Å². The Morgan fingerprint density at radius 1 is 1.33 bits per heavy atom. The monoisotopic (exact) mass is 399 g/mol. The SMILES string of the molecule is COC(=O)c1nc(C2CC2)nc(NC(C)c2cccc(C(F)(F)F)c2)c1Cl. The van der Waals surface area contributed by atoms with Crippen LogP contribution in [0.4, 0.5) is 19.0 Å². The van der Waals surface area contributed by atoms with Gasteiger partial charge in [-0.2, -0.15) is 13.2 Å². The van der Waals surface area contributed by atoms with E-state index in [2.05, 4.69) is 15.3 Å². The third-order valence-electron chi connectivity index (χ3n) is 4.26. The number of hydrogen-bond acceptors (Lipinski definition) is 5. The summed E-state index contributed by atoms with van der Waals surface area (Å²) in [6, 6.07) is 4.46. The molecule has 0 aliphatic heterocycles. The first-order chi connectivity index (χ1) is 12.7. The molecule has 0 radical (unpaired) electrons. The quantitative estimate of drug-likeness (QED) is 0.718. The highest BCUT2D eigenvalue weighted by molar-refractivity contribution is 6.35. The fourth-order valence-electron chi connectivity index (χ4n) is 2.59. The number of carbonyl (C=O) groups is 1. The molecule has 1 atom stereocenters. The Balaban J connectivity index is 1.92. The number of halogens is 4. The maximum absolute atomic E-state index is 12.9. The molecule has 1 saturated carbocycles. The van der Waals surface area contributed by atoms with Crippen LogP contribution in [-0.2, 0) is 10.9 Å². The summed E-state index contributed by atoms with van der Waals surface area (Å²) in [5.41, 5.74) is -0.391. The molecule has 3 rings (SSSR count). The minimum atomic E-state index is -4.43. The second-order valence-corrected chi connectivity index (χ2v) is 6.73. The van der Waals surface area contributed by atoms with Gasteiger partial charge in [-0.05, 0) is 37.5 Å². The Kier molecular flexibility index (Phi) is 5.28. The molecule has 2 aromatic rings. The summed E-state index contributed by atoms with van der Waals surface area (Å²) in [6.45, 7) is 1.68. The second kappa shape index (κ2) is 7.34. The average molecular weight is 400 g/mol. The lowest BCUT2D eigenvalue weighted by Crippen LogP contribution is -2.15. The maximum Gasteiger partial charge on any atom is 0.416 e. The van der Waals surface area contributed by atoms with E-state index < -0.39 is 23.8 Å². The summed E-state index contributed by atoms with van der Waals surface area (Å²) in [6.07, 6.45) is -2.62. The summed E-state index contributed by atoms with van der Waals surface area (Å²) in [4.78, 5) is 20.5. The molecule has 1 fully saturated rings. The number of nitrogens with zero attached hydrogens (tertiary/aromatic N) is 2. The zero-order chi connectivity index (χ0) is 19.8. The van der Waals surface area contributed by atoms with Crippen LogP contribution in [0.3, 0.4) is 0 Å². The van der Waals surface area contributed by atoms with Gasteiger partial charge in [0.15, 0.2) is 5.69 Å². The zero-order valence-corrected chi connectivity index (χ0v) is 15.4. The van der Waals surface area contributed by atoms with Crippen molar-refractivity contribution in [3.63, 3.8) is 0 Å². The number of rotatable bonds is 5. The lowest BCUT2D eigenvalue weighted by atomic mass is 10.0. The Labute approximate surface area is 158 Å². The molecule has 9 heteroatoms. The Hall–Kier alpha value is -2.35. The van der Waals surface area contributed by atoms with Gasteiger partial charge in [0.25, 0.3) is 0 Å². The predicted molar refractivity (Wildman–Crippen MR) is 93.8 cm³/mol. The highest BCUT2D eigenvalue weighted by Crippen LogP contribution is 2.40. The van der Waals surface area contributed by atoms with Crippen molar-refractivity contribution >= 4 is 23.4 Å². The first-order valence-electron chi connectivity index (χ1n) is 8.30. The molecule has 5 nitrogen and oxygen atoms in total. The van der Waals surface area contributed by atoms with Gasteiger partial charge in [0.2, 0.25) is 0 Å². The number of methoxy groups -OCH3 is 1. The van der Waals surface area contributed by atoms with Crippen LogP contribution in [0.2, 0.25) is 5.02 Å². The number of aromatic nitrogens is 2. The maximum atomic E-state index is 12.9. The van der Waals surface area contributed by atoms with Gasteiger partial charge in [0.05, 0.1) is 18.7 Å². The van der Waals surface area contributed by atoms with Crippen LogP contribution >= 0.6 is 11.6 Å². The van der Waals surface area contributed by atoms with Gasteiger partial charge in [0.1, 0.15) is 16.7 Å². The molecule has 1 unspecified atom stereocenters. The van der Waals surface area contributed by atoms with Gasteiger partial charge in [0, 0.05) is 5.92 Å². The number of anilines is 1. The van der Waals surface area contributed by atoms with E-state index in [0.29, 0.717) is 11.4 Å². The highest BCUT2D eigenvalue weighted by Gasteiger charge is 2.32. The molecule has 0 saturated heterocycles. The van der Waals surface area contributed by atoms with Gasteiger partial charge >= 0.3 is 12.1 Å². The summed E-state index contributed by atoms with van der Waals surface area (Å²) < 4.78 is 43.5. The van der Waals surface area contributed by atoms with Gasteiger partial charge in [-0.25, -0.2) is 14.8 Å². The number of carbonyl (C=O) groups excluding carboxylic acids is 1. The third kappa shape index (κ3) is 4.32. The Morgan fingerprint density at radius 2 is 2.04 bits per heavy atom. The van der Waals surface area contributed by atoms with Crippen molar-refractivity contribution in [3.8, 4) is 0 Å². The van der Waals surface area contributed by atoms with Crippen LogP contribution in [0.1, 0.15) is 59.2 Å². The number of ether oxygens (including phenoxy) is 1. The topological polar surface area (TPSA) is 64.1 Å². The lowest BCUT2D eigenvalue weighted by molar-refractivity contribution is -0.137. The van der Waals surface area contributed by atoms with Gasteiger partial charge in [-0.1, -0.05) is 23.7 Å². The highest BCUT2D eigenvalue weighted by atomic mass is 35.5. The van der Waals surface area contributed by atoms with E-state index in [1.54, 1.807) is 13.0 Å². The van der Waals surface area contributed by atoms with Crippen molar-refractivity contribution in [2.45, 2.75) is 37.9 Å². The van der Waals surface area contributed by atoms with Crippen molar-refractivity contribution in [1.82, 2.24) is 9.97 Å². The van der Waals surface area contributed by atoms with Crippen LogP contribution in [0, 0.1) is 0 Å². The number of benzene rings is 1. The molecule has 1 aliphatic rings. The summed E-state index contributed by atoms with van der Waals surface area (Å²) in [5, 5.41) is 2.97. The fourth-order valence-corrected chi connectivity index (χ4v) is 2.81. The van der Waals surface area contributed by atoms with E-state index in [-0.39, 0.29) is 22.5 Å². The Bertz CT molecular complexity index is 869. The molecular weight excluding hydrogens is 383 g/mol. The van der Waals surface area contributed by atoms with E-state index >= 15 is 0 Å². The van der Waals surface area contributed by atoms with Gasteiger partial charge < -0.3 is 10.1 Å². The minimum absolute atomic E-state index is 0.0231. The van der Waals surface area contributed by atoms with Crippen LogP contribution < -0.4 is 5.32 Å². The summed E-state index contributed by atoms with van der Waals surface area (Å²) in [5.74, 6) is 0.117. The molecule has 0 bridgehead atoms. The number of hydrogen-bond donors (Lipinski definition) is 1. The molecule has 1 aromatic carbocycles. The van der Waals surface area contributed by atoms with E-state index in [0.717, 1.165) is 25.0 Å².